The molecule has 2 N–H and O–H groups in total. The van der Waals surface area contributed by atoms with E-state index in [4.69, 9.17) is 10.4 Å². The van der Waals surface area contributed by atoms with Crippen molar-refractivity contribution < 1.29 is 14.7 Å². The van der Waals surface area contributed by atoms with Crippen molar-refractivity contribution in [1.29, 1.82) is 5.26 Å². The molecule has 1 aromatic rings. The minimum absolute atomic E-state index is 0.0852. The fourth-order valence-corrected chi connectivity index (χ4v) is 1.99. The smallest absolute Gasteiger partial charge is 0.317 e. The molecule has 0 aromatic heterocycles. The van der Waals surface area contributed by atoms with Gasteiger partial charge in [-0.2, -0.15) is 5.26 Å². The SMILES string of the molecule is CCN(C(=O)NCc1ccc(C#N)cc1)C(C)CC(=O)O. The second-order valence-corrected chi connectivity index (χ2v) is 4.70. The molecule has 1 rings (SSSR count). The van der Waals surface area contributed by atoms with Crippen LogP contribution in [0.3, 0.4) is 0 Å². The molecule has 21 heavy (non-hydrogen) atoms. The Labute approximate surface area is 124 Å². The van der Waals surface area contributed by atoms with E-state index in [-0.39, 0.29) is 18.5 Å². The summed E-state index contributed by atoms with van der Waals surface area (Å²) in [5.74, 6) is -0.930. The van der Waals surface area contributed by atoms with Gasteiger partial charge in [0, 0.05) is 19.1 Å². The van der Waals surface area contributed by atoms with E-state index in [1.165, 1.54) is 4.90 Å². The van der Waals surface area contributed by atoms with E-state index in [2.05, 4.69) is 5.32 Å². The number of benzene rings is 1. The molecule has 0 aliphatic rings. The van der Waals surface area contributed by atoms with Crippen LogP contribution in [-0.4, -0.2) is 34.6 Å². The summed E-state index contributed by atoms with van der Waals surface area (Å²) in [4.78, 5) is 24.3. The Morgan fingerprint density at radius 1 is 1.38 bits per heavy atom. The molecule has 0 radical (unpaired) electrons. The molecular formula is C15H19N3O3. The van der Waals surface area contributed by atoms with Gasteiger partial charge in [0.1, 0.15) is 0 Å². The molecule has 1 aromatic carbocycles. The van der Waals surface area contributed by atoms with Crippen LogP contribution in [0.5, 0.6) is 0 Å². The molecular weight excluding hydrogens is 270 g/mol. The first-order chi connectivity index (χ1) is 9.97. The van der Waals surface area contributed by atoms with Crippen LogP contribution >= 0.6 is 0 Å². The standard InChI is InChI=1S/C15H19N3O3/c1-3-18(11(2)8-14(19)20)15(21)17-10-13-6-4-12(9-16)5-7-13/h4-7,11H,3,8,10H2,1-2H3,(H,17,21)(H,19,20). The summed E-state index contributed by atoms with van der Waals surface area (Å²) in [5.41, 5.74) is 1.44. The molecule has 1 atom stereocenters. The molecule has 0 saturated heterocycles. The first-order valence-electron chi connectivity index (χ1n) is 6.73. The van der Waals surface area contributed by atoms with Gasteiger partial charge in [-0.05, 0) is 31.5 Å². The van der Waals surface area contributed by atoms with Crippen molar-refractivity contribution in [2.45, 2.75) is 32.9 Å². The van der Waals surface area contributed by atoms with Crippen molar-refractivity contribution >= 4 is 12.0 Å². The molecule has 0 bridgehead atoms. The molecule has 1 unspecified atom stereocenters. The zero-order valence-electron chi connectivity index (χ0n) is 12.2. The fourth-order valence-electron chi connectivity index (χ4n) is 1.99. The van der Waals surface area contributed by atoms with E-state index >= 15 is 0 Å². The predicted octanol–water partition coefficient (Wildman–Crippen LogP) is 1.95. The first kappa shape index (κ1) is 16.5. The lowest BCUT2D eigenvalue weighted by Gasteiger charge is -2.27. The molecule has 0 heterocycles. The maximum Gasteiger partial charge on any atom is 0.317 e. The lowest BCUT2D eigenvalue weighted by Crippen LogP contribution is -2.45. The van der Waals surface area contributed by atoms with Crippen LogP contribution in [0.15, 0.2) is 24.3 Å². The second-order valence-electron chi connectivity index (χ2n) is 4.70. The van der Waals surface area contributed by atoms with Crippen molar-refractivity contribution in [2.75, 3.05) is 6.54 Å². The van der Waals surface area contributed by atoms with Crippen molar-refractivity contribution in [3.05, 3.63) is 35.4 Å². The highest BCUT2D eigenvalue weighted by molar-refractivity contribution is 5.75. The van der Waals surface area contributed by atoms with Crippen LogP contribution in [0.1, 0.15) is 31.4 Å². The number of hydrogen-bond acceptors (Lipinski definition) is 3. The zero-order chi connectivity index (χ0) is 15.8. The average Bonchev–Trinajstić information content (AvgIpc) is 2.45. The maximum atomic E-state index is 12.1. The van der Waals surface area contributed by atoms with Gasteiger partial charge in [-0.15, -0.1) is 0 Å². The molecule has 0 aliphatic heterocycles. The number of nitrogens with one attached hydrogen (secondary N) is 1. The summed E-state index contributed by atoms with van der Waals surface area (Å²) in [6.45, 7) is 4.28. The quantitative estimate of drug-likeness (QED) is 0.837. The largest absolute Gasteiger partial charge is 0.481 e. The summed E-state index contributed by atoms with van der Waals surface area (Å²) in [6, 6.07) is 8.29. The van der Waals surface area contributed by atoms with E-state index < -0.39 is 5.97 Å². The van der Waals surface area contributed by atoms with E-state index in [1.54, 1.807) is 38.1 Å². The highest BCUT2D eigenvalue weighted by Gasteiger charge is 2.20. The highest BCUT2D eigenvalue weighted by atomic mass is 16.4. The number of carboxylic acid groups (broad SMARTS) is 1. The number of hydrogen-bond donors (Lipinski definition) is 2. The van der Waals surface area contributed by atoms with Crippen LogP contribution in [0.25, 0.3) is 0 Å². The third-order valence-electron chi connectivity index (χ3n) is 3.13. The Kier molecular flexibility index (Phi) is 6.21. The van der Waals surface area contributed by atoms with Crippen molar-refractivity contribution in [3.8, 4) is 6.07 Å². The fraction of sp³-hybridized carbons (Fsp3) is 0.400. The van der Waals surface area contributed by atoms with Crippen LogP contribution in [0.2, 0.25) is 0 Å². The van der Waals surface area contributed by atoms with Gasteiger partial charge in [0.05, 0.1) is 18.1 Å². The molecule has 0 fully saturated rings. The van der Waals surface area contributed by atoms with Crippen LogP contribution in [0.4, 0.5) is 4.79 Å². The van der Waals surface area contributed by atoms with Crippen molar-refractivity contribution in [1.82, 2.24) is 10.2 Å². The van der Waals surface area contributed by atoms with E-state index in [9.17, 15) is 9.59 Å². The van der Waals surface area contributed by atoms with Gasteiger partial charge >= 0.3 is 12.0 Å². The predicted molar refractivity (Wildman–Crippen MR) is 77.5 cm³/mol. The zero-order valence-corrected chi connectivity index (χ0v) is 12.2. The van der Waals surface area contributed by atoms with Gasteiger partial charge in [0.15, 0.2) is 0 Å². The minimum atomic E-state index is -0.930. The number of carboxylic acids is 1. The Balaban J connectivity index is 2.57. The first-order valence-corrected chi connectivity index (χ1v) is 6.73. The normalized spacial score (nSPS) is 11.3. The van der Waals surface area contributed by atoms with Crippen molar-refractivity contribution in [2.24, 2.45) is 0 Å². The number of aliphatic carboxylic acids is 1. The van der Waals surface area contributed by atoms with Gasteiger partial charge in [0.25, 0.3) is 0 Å². The van der Waals surface area contributed by atoms with Gasteiger partial charge < -0.3 is 15.3 Å². The third kappa shape index (κ3) is 5.15. The number of urea groups is 1. The molecule has 2 amide bonds. The van der Waals surface area contributed by atoms with Crippen LogP contribution < -0.4 is 5.32 Å². The number of amides is 2. The molecule has 6 nitrogen and oxygen atoms in total. The van der Waals surface area contributed by atoms with Crippen LogP contribution in [-0.2, 0) is 11.3 Å². The Morgan fingerprint density at radius 2 is 2.00 bits per heavy atom. The molecule has 6 heteroatoms. The summed E-state index contributed by atoms with van der Waals surface area (Å²) in [5, 5.41) is 20.2. The van der Waals surface area contributed by atoms with Gasteiger partial charge in [0.2, 0.25) is 0 Å². The van der Waals surface area contributed by atoms with Gasteiger partial charge in [-0.3, -0.25) is 4.79 Å². The van der Waals surface area contributed by atoms with Gasteiger partial charge in [-0.1, -0.05) is 12.1 Å². The van der Waals surface area contributed by atoms with Crippen molar-refractivity contribution in [3.63, 3.8) is 0 Å². The summed E-state index contributed by atoms with van der Waals surface area (Å²) < 4.78 is 0. The molecule has 0 saturated carbocycles. The summed E-state index contributed by atoms with van der Waals surface area (Å²) in [6.07, 6.45) is -0.0852. The number of nitriles is 1. The average molecular weight is 289 g/mol. The Hall–Kier alpha value is -2.55. The molecule has 0 aliphatic carbocycles. The maximum absolute atomic E-state index is 12.1. The monoisotopic (exact) mass is 289 g/mol. The topological polar surface area (TPSA) is 93.4 Å². The molecule has 112 valence electrons. The number of nitrogens with zero attached hydrogens (tertiary/aromatic N) is 2. The van der Waals surface area contributed by atoms with E-state index in [0.717, 1.165) is 5.56 Å². The highest BCUT2D eigenvalue weighted by Crippen LogP contribution is 2.06. The number of carbonyl (C=O) groups is 2. The Morgan fingerprint density at radius 3 is 2.48 bits per heavy atom. The molecule has 0 spiro atoms. The van der Waals surface area contributed by atoms with E-state index in [1.807, 2.05) is 6.07 Å². The third-order valence-corrected chi connectivity index (χ3v) is 3.13. The minimum Gasteiger partial charge on any atom is -0.481 e. The number of carbonyl (C=O) groups excluding carboxylic acids is 1. The van der Waals surface area contributed by atoms with Gasteiger partial charge in [-0.25, -0.2) is 4.79 Å². The summed E-state index contributed by atoms with van der Waals surface area (Å²) in [7, 11) is 0. The summed E-state index contributed by atoms with van der Waals surface area (Å²) >= 11 is 0. The van der Waals surface area contributed by atoms with E-state index in [0.29, 0.717) is 18.7 Å². The Bertz CT molecular complexity index is 534. The lowest BCUT2D eigenvalue weighted by molar-refractivity contribution is -0.138. The second kappa shape index (κ2) is 7.90. The van der Waals surface area contributed by atoms with Crippen LogP contribution in [0, 0.1) is 11.3 Å². The lowest BCUT2D eigenvalue weighted by atomic mass is 10.1. The number of rotatable bonds is 6.